The van der Waals surface area contributed by atoms with Crippen molar-refractivity contribution in [2.45, 2.75) is 50.8 Å². The third-order valence-corrected chi connectivity index (χ3v) is 3.50. The third-order valence-electron chi connectivity index (χ3n) is 3.50. The molecule has 0 aliphatic carbocycles. The number of ether oxygens (including phenoxy) is 2. The second-order valence-electron chi connectivity index (χ2n) is 5.77. The van der Waals surface area contributed by atoms with Gasteiger partial charge in [-0.3, -0.25) is 0 Å². The summed E-state index contributed by atoms with van der Waals surface area (Å²) in [6.45, 7) is 3.28. The molecule has 1 aromatic carbocycles. The Morgan fingerprint density at radius 3 is 2.62 bits per heavy atom. The molecule has 2 rings (SSSR count). The Hall–Kier alpha value is -1.20. The predicted octanol–water partition coefficient (Wildman–Crippen LogP) is 2.05. The summed E-state index contributed by atoms with van der Waals surface area (Å²) in [6.07, 6.45) is 4.01. The van der Waals surface area contributed by atoms with E-state index in [-0.39, 0.29) is 12.7 Å². The summed E-state index contributed by atoms with van der Waals surface area (Å²) in [5.41, 5.74) is 1.29. The number of rotatable bonds is 6. The van der Waals surface area contributed by atoms with Crippen LogP contribution in [0.1, 0.15) is 25.8 Å². The fourth-order valence-electron chi connectivity index (χ4n) is 2.49. The quantitative estimate of drug-likeness (QED) is 0.788. The standard InChI is InChI=1S/C17H24O4/c1-17(2)20-15(16(21-17)14(19)12-18)11-7-6-10-13-8-4-3-5-9-13/h3-5,7-9,11,14-16,18-19H,6,10,12H2,1-2H3/b11-7+/t14-,15+,16+/m0/s1. The maximum atomic E-state index is 9.81. The van der Waals surface area contributed by atoms with Crippen molar-refractivity contribution in [1.29, 1.82) is 0 Å². The average Bonchev–Trinajstić information content (AvgIpc) is 2.79. The van der Waals surface area contributed by atoms with Gasteiger partial charge in [0, 0.05) is 0 Å². The van der Waals surface area contributed by atoms with Gasteiger partial charge in [-0.05, 0) is 32.3 Å². The lowest BCUT2D eigenvalue weighted by Gasteiger charge is -2.19. The molecule has 116 valence electrons. The van der Waals surface area contributed by atoms with E-state index < -0.39 is 18.0 Å². The highest BCUT2D eigenvalue weighted by Crippen LogP contribution is 2.30. The van der Waals surface area contributed by atoms with Gasteiger partial charge in [0.2, 0.25) is 0 Å². The molecule has 1 saturated heterocycles. The normalized spacial score (nSPS) is 26.3. The first-order valence-corrected chi connectivity index (χ1v) is 7.37. The molecule has 0 spiro atoms. The minimum Gasteiger partial charge on any atom is -0.394 e. The fraction of sp³-hybridized carbons (Fsp3) is 0.529. The second-order valence-corrected chi connectivity index (χ2v) is 5.77. The zero-order valence-electron chi connectivity index (χ0n) is 12.6. The Morgan fingerprint density at radius 2 is 1.95 bits per heavy atom. The zero-order chi connectivity index (χ0) is 15.3. The zero-order valence-corrected chi connectivity index (χ0v) is 12.6. The van der Waals surface area contributed by atoms with Crippen LogP contribution >= 0.6 is 0 Å². The number of aliphatic hydroxyl groups excluding tert-OH is 2. The molecule has 3 atom stereocenters. The van der Waals surface area contributed by atoms with Crippen LogP contribution in [0, 0.1) is 0 Å². The molecule has 1 aromatic rings. The van der Waals surface area contributed by atoms with E-state index in [1.165, 1.54) is 5.56 Å². The molecule has 4 heteroatoms. The minimum absolute atomic E-state index is 0.335. The Morgan fingerprint density at radius 1 is 1.24 bits per heavy atom. The van der Waals surface area contributed by atoms with Gasteiger partial charge in [0.15, 0.2) is 5.79 Å². The molecule has 0 aromatic heterocycles. The number of aliphatic hydroxyl groups is 2. The first kappa shape index (κ1) is 16.2. The van der Waals surface area contributed by atoms with Crippen molar-refractivity contribution in [3.05, 3.63) is 48.0 Å². The summed E-state index contributed by atoms with van der Waals surface area (Å²) < 4.78 is 11.4. The highest BCUT2D eigenvalue weighted by molar-refractivity contribution is 5.15. The van der Waals surface area contributed by atoms with E-state index in [1.807, 2.05) is 44.2 Å². The highest BCUT2D eigenvalue weighted by atomic mass is 16.8. The van der Waals surface area contributed by atoms with Crippen molar-refractivity contribution in [3.8, 4) is 0 Å². The summed E-state index contributed by atoms with van der Waals surface area (Å²) in [5, 5.41) is 18.9. The molecular formula is C17H24O4. The molecule has 2 N–H and O–H groups in total. The predicted molar refractivity (Wildman–Crippen MR) is 80.8 cm³/mol. The maximum Gasteiger partial charge on any atom is 0.164 e. The van der Waals surface area contributed by atoms with Gasteiger partial charge >= 0.3 is 0 Å². The second kappa shape index (κ2) is 7.18. The van der Waals surface area contributed by atoms with Crippen molar-refractivity contribution < 1.29 is 19.7 Å². The van der Waals surface area contributed by atoms with Crippen molar-refractivity contribution in [3.63, 3.8) is 0 Å². The molecule has 21 heavy (non-hydrogen) atoms. The highest BCUT2D eigenvalue weighted by Gasteiger charge is 2.43. The topological polar surface area (TPSA) is 58.9 Å². The molecule has 0 unspecified atom stereocenters. The smallest absolute Gasteiger partial charge is 0.164 e. The maximum absolute atomic E-state index is 9.81. The molecule has 1 aliphatic heterocycles. The van der Waals surface area contributed by atoms with Crippen LogP contribution in [0.25, 0.3) is 0 Å². The van der Waals surface area contributed by atoms with Gasteiger partial charge in [-0.2, -0.15) is 0 Å². The molecule has 0 saturated carbocycles. The van der Waals surface area contributed by atoms with Gasteiger partial charge in [0.05, 0.1) is 6.61 Å². The number of benzene rings is 1. The van der Waals surface area contributed by atoms with Crippen molar-refractivity contribution >= 4 is 0 Å². The molecule has 1 aliphatic rings. The number of hydrogen-bond donors (Lipinski definition) is 2. The monoisotopic (exact) mass is 292 g/mol. The van der Waals surface area contributed by atoms with E-state index in [0.29, 0.717) is 0 Å². The van der Waals surface area contributed by atoms with Crippen LogP contribution in [0.15, 0.2) is 42.5 Å². The number of allylic oxidation sites excluding steroid dienone is 1. The van der Waals surface area contributed by atoms with E-state index >= 15 is 0 Å². The van der Waals surface area contributed by atoms with Crippen LogP contribution in [-0.4, -0.2) is 40.9 Å². The Kier molecular flexibility index (Phi) is 5.53. The SMILES string of the molecule is CC1(C)O[C@H]([C@@H](O)CO)[C@@H](/C=C/CCc2ccccc2)O1. The van der Waals surface area contributed by atoms with Crippen LogP contribution in [0.5, 0.6) is 0 Å². The fourth-order valence-corrected chi connectivity index (χ4v) is 2.49. The average molecular weight is 292 g/mol. The Bertz CT molecular complexity index is 455. The third kappa shape index (κ3) is 4.64. The first-order valence-electron chi connectivity index (χ1n) is 7.37. The van der Waals surface area contributed by atoms with E-state index in [0.717, 1.165) is 12.8 Å². The lowest BCUT2D eigenvalue weighted by Crippen LogP contribution is -2.37. The summed E-state index contributed by atoms with van der Waals surface area (Å²) in [5.74, 6) is -0.741. The van der Waals surface area contributed by atoms with Crippen molar-refractivity contribution in [2.75, 3.05) is 6.61 Å². The van der Waals surface area contributed by atoms with Crippen LogP contribution < -0.4 is 0 Å². The van der Waals surface area contributed by atoms with Crippen LogP contribution in [0.4, 0.5) is 0 Å². The Balaban J connectivity index is 1.89. The number of aryl methyl sites for hydroxylation is 1. The molecule has 1 fully saturated rings. The largest absolute Gasteiger partial charge is 0.394 e. The van der Waals surface area contributed by atoms with Crippen LogP contribution in [0.3, 0.4) is 0 Å². The number of hydrogen-bond acceptors (Lipinski definition) is 4. The minimum atomic E-state index is -0.935. The van der Waals surface area contributed by atoms with Crippen molar-refractivity contribution in [1.82, 2.24) is 0 Å². The summed E-state index contributed by atoms with van der Waals surface area (Å²) >= 11 is 0. The molecule has 0 radical (unpaired) electrons. The van der Waals surface area contributed by atoms with Gasteiger partial charge in [0.1, 0.15) is 18.3 Å². The van der Waals surface area contributed by atoms with Gasteiger partial charge in [-0.15, -0.1) is 0 Å². The molecular weight excluding hydrogens is 268 g/mol. The van der Waals surface area contributed by atoms with E-state index in [4.69, 9.17) is 14.6 Å². The van der Waals surface area contributed by atoms with Gasteiger partial charge in [0.25, 0.3) is 0 Å². The lowest BCUT2D eigenvalue weighted by atomic mass is 10.1. The summed E-state index contributed by atoms with van der Waals surface area (Å²) in [7, 11) is 0. The first-order chi connectivity index (χ1) is 10.0. The summed E-state index contributed by atoms with van der Waals surface area (Å²) in [4.78, 5) is 0. The molecule has 4 nitrogen and oxygen atoms in total. The van der Waals surface area contributed by atoms with Gasteiger partial charge in [-0.25, -0.2) is 0 Å². The molecule has 0 bridgehead atoms. The summed E-state index contributed by atoms with van der Waals surface area (Å²) in [6, 6.07) is 10.3. The molecule has 0 amide bonds. The van der Waals surface area contributed by atoms with Gasteiger partial charge in [-0.1, -0.05) is 42.5 Å². The van der Waals surface area contributed by atoms with Crippen LogP contribution in [0.2, 0.25) is 0 Å². The van der Waals surface area contributed by atoms with Crippen molar-refractivity contribution in [2.24, 2.45) is 0 Å². The van der Waals surface area contributed by atoms with E-state index in [9.17, 15) is 5.11 Å². The lowest BCUT2D eigenvalue weighted by molar-refractivity contribution is -0.155. The van der Waals surface area contributed by atoms with Gasteiger partial charge < -0.3 is 19.7 Å². The Labute approximate surface area is 126 Å². The van der Waals surface area contributed by atoms with E-state index in [1.54, 1.807) is 0 Å². The van der Waals surface area contributed by atoms with Crippen LogP contribution in [-0.2, 0) is 15.9 Å². The van der Waals surface area contributed by atoms with E-state index in [2.05, 4.69) is 12.1 Å². The molecule has 1 heterocycles.